The molecule has 4 rings (SSSR count). The molecule has 3 aromatic carbocycles. The molecule has 11 nitrogen and oxygen atoms in total. The van der Waals surface area contributed by atoms with E-state index in [4.69, 9.17) is 25.8 Å². The van der Waals surface area contributed by atoms with Gasteiger partial charge in [0.2, 0.25) is 12.5 Å². The molecular weight excluding hydrogens is 592 g/mol. The lowest BCUT2D eigenvalue weighted by atomic mass is 9.63. The van der Waals surface area contributed by atoms with Crippen molar-refractivity contribution in [1.29, 1.82) is 0 Å². The lowest BCUT2D eigenvalue weighted by Gasteiger charge is -2.37. The standard InChI is InChI=1S/C32H31ClN2O9/c1-42-28(36)26(29(37)43-2)27(22-14-16-23(33)17-15-22)34-18-24(20-10-6-4-7-11-20)32(30(34)38,31(39)44-3)25(19-35(40)41)21-12-8-5-9-13-21/h4-17,24-27H,18-19H2,1-3H3. The number of ether oxygens (including phenoxy) is 3. The lowest BCUT2D eigenvalue weighted by molar-refractivity contribution is -0.485. The summed E-state index contributed by atoms with van der Waals surface area (Å²) in [6, 6.07) is 21.7. The molecule has 3 aromatic rings. The molecule has 0 radical (unpaired) electrons. The van der Waals surface area contributed by atoms with Crippen LogP contribution in [-0.2, 0) is 33.4 Å². The van der Waals surface area contributed by atoms with Gasteiger partial charge in [-0.15, -0.1) is 0 Å². The molecule has 0 saturated carbocycles. The van der Waals surface area contributed by atoms with E-state index in [0.717, 1.165) is 21.3 Å². The van der Waals surface area contributed by atoms with Gasteiger partial charge in [-0.3, -0.25) is 29.3 Å². The Hall–Kier alpha value is -4.77. The van der Waals surface area contributed by atoms with Gasteiger partial charge in [-0.25, -0.2) is 0 Å². The Bertz CT molecular complexity index is 1500. The molecule has 0 bridgehead atoms. The first kappa shape index (κ1) is 32.2. The van der Waals surface area contributed by atoms with E-state index < -0.39 is 64.5 Å². The van der Waals surface area contributed by atoms with Gasteiger partial charge < -0.3 is 19.1 Å². The molecule has 230 valence electrons. The van der Waals surface area contributed by atoms with Crippen molar-refractivity contribution in [2.45, 2.75) is 17.9 Å². The van der Waals surface area contributed by atoms with Crippen molar-refractivity contribution in [1.82, 2.24) is 4.90 Å². The molecule has 12 heteroatoms. The van der Waals surface area contributed by atoms with Crippen LogP contribution in [0.5, 0.6) is 0 Å². The Morgan fingerprint density at radius 3 is 1.93 bits per heavy atom. The smallest absolute Gasteiger partial charge is 0.323 e. The van der Waals surface area contributed by atoms with Crippen LogP contribution >= 0.6 is 11.6 Å². The normalized spacial score (nSPS) is 19.2. The van der Waals surface area contributed by atoms with Gasteiger partial charge in [0, 0.05) is 22.4 Å². The molecule has 0 N–H and O–H groups in total. The van der Waals surface area contributed by atoms with E-state index in [-0.39, 0.29) is 6.54 Å². The fraction of sp³-hybridized carbons (Fsp3) is 0.312. The first-order valence-electron chi connectivity index (χ1n) is 13.6. The number of amides is 1. The number of carbonyl (C=O) groups is 4. The number of nitrogens with zero attached hydrogens (tertiary/aromatic N) is 2. The summed E-state index contributed by atoms with van der Waals surface area (Å²) in [7, 11) is 3.30. The maximum Gasteiger partial charge on any atom is 0.323 e. The first-order valence-corrected chi connectivity index (χ1v) is 14.0. The number of hydrogen-bond donors (Lipinski definition) is 0. The maximum absolute atomic E-state index is 15.1. The SMILES string of the molecule is COC(=O)C(C(=O)OC)C(c1ccc(Cl)cc1)N1CC(c2ccccc2)C(C(=O)OC)(C(C[N+](=O)[O-])c2ccccc2)C1=O. The van der Waals surface area contributed by atoms with Gasteiger partial charge in [-0.05, 0) is 28.8 Å². The van der Waals surface area contributed by atoms with Crippen molar-refractivity contribution in [2.75, 3.05) is 34.4 Å². The van der Waals surface area contributed by atoms with Gasteiger partial charge in [-0.1, -0.05) is 84.4 Å². The Balaban J connectivity index is 2.06. The Morgan fingerprint density at radius 2 is 1.43 bits per heavy atom. The minimum Gasteiger partial charge on any atom is -0.468 e. The summed E-state index contributed by atoms with van der Waals surface area (Å²) in [6.45, 7) is -0.998. The summed E-state index contributed by atoms with van der Waals surface area (Å²) in [5.74, 6) is -7.79. The third-order valence-electron chi connectivity index (χ3n) is 8.13. The zero-order chi connectivity index (χ0) is 32.0. The topological polar surface area (TPSA) is 142 Å². The summed E-state index contributed by atoms with van der Waals surface area (Å²) < 4.78 is 15.2. The average molecular weight is 623 g/mol. The predicted octanol–water partition coefficient (Wildman–Crippen LogP) is 4.19. The van der Waals surface area contributed by atoms with E-state index >= 15 is 4.79 Å². The predicted molar refractivity (Wildman–Crippen MR) is 158 cm³/mol. The molecule has 44 heavy (non-hydrogen) atoms. The number of benzene rings is 3. The number of rotatable bonds is 11. The van der Waals surface area contributed by atoms with Crippen molar-refractivity contribution < 1.29 is 38.3 Å². The second kappa shape index (κ2) is 13.7. The van der Waals surface area contributed by atoms with Crippen LogP contribution < -0.4 is 0 Å². The molecule has 1 fully saturated rings. The van der Waals surface area contributed by atoms with Gasteiger partial charge >= 0.3 is 17.9 Å². The molecule has 0 aliphatic carbocycles. The van der Waals surface area contributed by atoms with Gasteiger partial charge in [0.25, 0.3) is 0 Å². The fourth-order valence-electron chi connectivity index (χ4n) is 6.20. The van der Waals surface area contributed by atoms with E-state index in [1.807, 2.05) is 0 Å². The molecule has 4 atom stereocenters. The maximum atomic E-state index is 15.1. The third-order valence-corrected chi connectivity index (χ3v) is 8.38. The van der Waals surface area contributed by atoms with Crippen LogP contribution in [0.3, 0.4) is 0 Å². The van der Waals surface area contributed by atoms with E-state index in [2.05, 4.69) is 0 Å². The largest absolute Gasteiger partial charge is 0.468 e. The first-order chi connectivity index (χ1) is 21.1. The highest BCUT2D eigenvalue weighted by atomic mass is 35.5. The minimum atomic E-state index is -2.17. The Labute approximate surface area is 258 Å². The molecular formula is C32H31ClN2O9. The molecule has 1 saturated heterocycles. The van der Waals surface area contributed by atoms with Crippen molar-refractivity contribution in [3.8, 4) is 0 Å². The van der Waals surface area contributed by atoms with E-state index in [9.17, 15) is 24.5 Å². The van der Waals surface area contributed by atoms with E-state index in [0.29, 0.717) is 21.7 Å². The molecule has 1 heterocycles. The van der Waals surface area contributed by atoms with E-state index in [1.54, 1.807) is 72.8 Å². The minimum absolute atomic E-state index is 0.212. The van der Waals surface area contributed by atoms with Crippen molar-refractivity contribution in [3.05, 3.63) is 117 Å². The summed E-state index contributed by atoms with van der Waals surface area (Å²) in [6.07, 6.45) is 0. The van der Waals surface area contributed by atoms with Crippen molar-refractivity contribution in [2.24, 2.45) is 11.3 Å². The number of likely N-dealkylation sites (tertiary alicyclic amines) is 1. The van der Waals surface area contributed by atoms with Crippen LogP contribution in [0.4, 0.5) is 0 Å². The summed E-state index contributed by atoms with van der Waals surface area (Å²) in [5.41, 5.74) is -0.959. The number of carbonyl (C=O) groups excluding carboxylic acids is 4. The highest BCUT2D eigenvalue weighted by Gasteiger charge is 2.68. The van der Waals surface area contributed by atoms with Crippen LogP contribution in [0, 0.1) is 21.4 Å². The number of esters is 3. The van der Waals surface area contributed by atoms with Crippen LogP contribution in [0.25, 0.3) is 0 Å². The third kappa shape index (κ3) is 5.87. The molecule has 0 spiro atoms. The van der Waals surface area contributed by atoms with Crippen molar-refractivity contribution >= 4 is 35.4 Å². The molecule has 1 aliphatic heterocycles. The zero-order valence-corrected chi connectivity index (χ0v) is 25.0. The summed E-state index contributed by atoms with van der Waals surface area (Å²) >= 11 is 6.14. The monoisotopic (exact) mass is 622 g/mol. The second-order valence-corrected chi connectivity index (χ2v) is 10.7. The van der Waals surface area contributed by atoms with E-state index in [1.165, 1.54) is 17.0 Å². The highest BCUT2D eigenvalue weighted by molar-refractivity contribution is 6.30. The highest BCUT2D eigenvalue weighted by Crippen LogP contribution is 2.56. The Kier molecular flexibility index (Phi) is 10.00. The van der Waals surface area contributed by atoms with Crippen LogP contribution in [0.15, 0.2) is 84.9 Å². The lowest BCUT2D eigenvalue weighted by Crippen LogP contribution is -2.51. The molecule has 1 aliphatic rings. The van der Waals surface area contributed by atoms with Crippen molar-refractivity contribution in [3.63, 3.8) is 0 Å². The quantitative estimate of drug-likeness (QED) is 0.101. The number of halogens is 1. The van der Waals surface area contributed by atoms with Gasteiger partial charge in [0.05, 0.1) is 33.3 Å². The van der Waals surface area contributed by atoms with Gasteiger partial charge in [0.15, 0.2) is 11.3 Å². The number of methoxy groups -OCH3 is 3. The van der Waals surface area contributed by atoms with Gasteiger partial charge in [0.1, 0.15) is 0 Å². The number of nitro groups is 1. The van der Waals surface area contributed by atoms with Crippen LogP contribution in [-0.4, -0.2) is 68.1 Å². The molecule has 4 unspecified atom stereocenters. The number of hydrogen-bond acceptors (Lipinski definition) is 9. The van der Waals surface area contributed by atoms with Gasteiger partial charge in [-0.2, -0.15) is 0 Å². The molecule has 1 amide bonds. The summed E-state index contributed by atoms with van der Waals surface area (Å²) in [4.78, 5) is 68.4. The summed E-state index contributed by atoms with van der Waals surface area (Å²) in [5, 5.41) is 12.5. The average Bonchev–Trinajstić information content (AvgIpc) is 3.35. The van der Waals surface area contributed by atoms with Crippen LogP contribution in [0.2, 0.25) is 5.02 Å². The second-order valence-electron chi connectivity index (χ2n) is 10.3. The zero-order valence-electron chi connectivity index (χ0n) is 24.3. The van der Waals surface area contributed by atoms with Crippen LogP contribution in [0.1, 0.15) is 34.6 Å². The Morgan fingerprint density at radius 1 is 0.886 bits per heavy atom. The molecule has 0 aromatic heterocycles. The fourth-order valence-corrected chi connectivity index (χ4v) is 6.33.